The standard InChI is InChI=1S/C16H23N3O3/c1-18-14-5-4-11-2-3-12(10-13(11)14)16(21)19-7-9-22-8-6-15(17)20/h2-3,10,14,18H,4-9H2,1H3,(H2,17,20)(H,19,21). The summed E-state index contributed by atoms with van der Waals surface area (Å²) in [5, 5.41) is 6.08. The summed E-state index contributed by atoms with van der Waals surface area (Å²) in [7, 11) is 1.94. The quantitative estimate of drug-likeness (QED) is 0.610. The van der Waals surface area contributed by atoms with Crippen LogP contribution in [0, 0.1) is 0 Å². The molecule has 120 valence electrons. The Hall–Kier alpha value is -1.92. The van der Waals surface area contributed by atoms with E-state index >= 15 is 0 Å². The van der Waals surface area contributed by atoms with Crippen molar-refractivity contribution in [1.82, 2.24) is 10.6 Å². The van der Waals surface area contributed by atoms with Crippen LogP contribution in [-0.2, 0) is 16.0 Å². The molecule has 0 spiro atoms. The molecule has 0 bridgehead atoms. The number of hydrogen-bond donors (Lipinski definition) is 3. The molecule has 0 fully saturated rings. The molecule has 1 aromatic carbocycles. The summed E-state index contributed by atoms with van der Waals surface area (Å²) in [6, 6.07) is 6.19. The molecule has 2 rings (SSSR count). The van der Waals surface area contributed by atoms with Crippen LogP contribution in [0.25, 0.3) is 0 Å². The number of carbonyl (C=O) groups is 2. The van der Waals surface area contributed by atoms with Crippen LogP contribution in [0.15, 0.2) is 18.2 Å². The Morgan fingerprint density at radius 2 is 2.18 bits per heavy atom. The van der Waals surface area contributed by atoms with Crippen LogP contribution >= 0.6 is 0 Å². The average Bonchev–Trinajstić information content (AvgIpc) is 2.92. The van der Waals surface area contributed by atoms with Crippen molar-refractivity contribution < 1.29 is 14.3 Å². The van der Waals surface area contributed by atoms with Crippen LogP contribution < -0.4 is 16.4 Å². The van der Waals surface area contributed by atoms with E-state index in [1.807, 2.05) is 25.2 Å². The SMILES string of the molecule is CNC1CCc2ccc(C(=O)NCCOCCC(N)=O)cc21. The van der Waals surface area contributed by atoms with Gasteiger partial charge in [-0.3, -0.25) is 9.59 Å². The Labute approximate surface area is 130 Å². The van der Waals surface area contributed by atoms with Crippen molar-refractivity contribution >= 4 is 11.8 Å². The first-order valence-corrected chi connectivity index (χ1v) is 7.56. The number of benzene rings is 1. The van der Waals surface area contributed by atoms with E-state index in [-0.39, 0.29) is 24.8 Å². The van der Waals surface area contributed by atoms with Crippen LogP contribution in [0.2, 0.25) is 0 Å². The summed E-state index contributed by atoms with van der Waals surface area (Å²) in [6.07, 6.45) is 2.32. The molecule has 1 unspecified atom stereocenters. The number of hydrogen-bond acceptors (Lipinski definition) is 4. The molecule has 0 saturated heterocycles. The first-order valence-electron chi connectivity index (χ1n) is 7.56. The number of nitrogens with two attached hydrogens (primary N) is 1. The van der Waals surface area contributed by atoms with Crippen LogP contribution in [0.5, 0.6) is 0 Å². The van der Waals surface area contributed by atoms with Gasteiger partial charge in [-0.05, 0) is 43.1 Å². The number of amides is 2. The number of primary amides is 1. The minimum Gasteiger partial charge on any atom is -0.379 e. The molecule has 6 nitrogen and oxygen atoms in total. The number of fused-ring (bicyclic) bond motifs is 1. The van der Waals surface area contributed by atoms with Crippen molar-refractivity contribution in [3.8, 4) is 0 Å². The van der Waals surface area contributed by atoms with Crippen LogP contribution in [0.1, 0.15) is 40.4 Å². The molecule has 6 heteroatoms. The molecular weight excluding hydrogens is 282 g/mol. The first-order chi connectivity index (χ1) is 10.6. The molecule has 2 amide bonds. The summed E-state index contributed by atoms with van der Waals surface area (Å²) >= 11 is 0. The van der Waals surface area contributed by atoms with Gasteiger partial charge in [0, 0.05) is 24.6 Å². The second-order valence-electron chi connectivity index (χ2n) is 5.38. The minimum atomic E-state index is -0.388. The summed E-state index contributed by atoms with van der Waals surface area (Å²) in [6.45, 7) is 1.06. The van der Waals surface area contributed by atoms with E-state index in [2.05, 4.69) is 10.6 Å². The van der Waals surface area contributed by atoms with Crippen molar-refractivity contribution in [2.45, 2.75) is 25.3 Å². The smallest absolute Gasteiger partial charge is 0.251 e. The van der Waals surface area contributed by atoms with Gasteiger partial charge in [0.1, 0.15) is 0 Å². The zero-order valence-corrected chi connectivity index (χ0v) is 12.9. The minimum absolute atomic E-state index is 0.108. The number of ether oxygens (including phenoxy) is 1. The van der Waals surface area contributed by atoms with Crippen LogP contribution in [-0.4, -0.2) is 38.6 Å². The van der Waals surface area contributed by atoms with Gasteiger partial charge in [-0.25, -0.2) is 0 Å². The van der Waals surface area contributed by atoms with Gasteiger partial charge in [0.25, 0.3) is 5.91 Å². The Bertz CT molecular complexity index is 545. The fourth-order valence-corrected chi connectivity index (χ4v) is 2.66. The lowest BCUT2D eigenvalue weighted by atomic mass is 10.0. The van der Waals surface area contributed by atoms with Gasteiger partial charge in [-0.1, -0.05) is 6.07 Å². The highest BCUT2D eigenvalue weighted by atomic mass is 16.5. The Balaban J connectivity index is 1.80. The molecule has 0 radical (unpaired) electrons. The number of aryl methyl sites for hydroxylation is 1. The van der Waals surface area contributed by atoms with E-state index in [4.69, 9.17) is 10.5 Å². The van der Waals surface area contributed by atoms with E-state index in [9.17, 15) is 9.59 Å². The molecule has 0 saturated carbocycles. The molecule has 4 N–H and O–H groups in total. The van der Waals surface area contributed by atoms with Crippen molar-refractivity contribution in [2.24, 2.45) is 5.73 Å². The Kier molecular flexibility index (Phi) is 5.91. The molecule has 1 aliphatic rings. The largest absolute Gasteiger partial charge is 0.379 e. The van der Waals surface area contributed by atoms with Gasteiger partial charge in [0.15, 0.2) is 0 Å². The molecule has 0 heterocycles. The number of carbonyl (C=O) groups excluding carboxylic acids is 2. The van der Waals surface area contributed by atoms with E-state index in [1.54, 1.807) is 0 Å². The Morgan fingerprint density at radius 3 is 2.91 bits per heavy atom. The summed E-state index contributed by atoms with van der Waals surface area (Å²) in [5.74, 6) is -0.496. The molecule has 1 aromatic rings. The number of nitrogens with one attached hydrogen (secondary N) is 2. The van der Waals surface area contributed by atoms with Gasteiger partial charge in [0.05, 0.1) is 13.2 Å². The second-order valence-corrected chi connectivity index (χ2v) is 5.38. The van der Waals surface area contributed by atoms with E-state index in [1.165, 1.54) is 11.1 Å². The van der Waals surface area contributed by atoms with Gasteiger partial charge in [-0.2, -0.15) is 0 Å². The molecule has 22 heavy (non-hydrogen) atoms. The van der Waals surface area contributed by atoms with Gasteiger partial charge in [0.2, 0.25) is 5.91 Å². The normalized spacial score (nSPS) is 16.3. The molecule has 0 aromatic heterocycles. The third kappa shape index (κ3) is 4.29. The third-order valence-corrected chi connectivity index (χ3v) is 3.86. The lowest BCUT2D eigenvalue weighted by Gasteiger charge is -2.12. The predicted octanol–water partition coefficient (Wildman–Crippen LogP) is 0.515. The highest BCUT2D eigenvalue weighted by Crippen LogP contribution is 2.31. The van der Waals surface area contributed by atoms with Crippen LogP contribution in [0.4, 0.5) is 0 Å². The van der Waals surface area contributed by atoms with Gasteiger partial charge < -0.3 is 21.1 Å². The van der Waals surface area contributed by atoms with E-state index in [0.29, 0.717) is 24.8 Å². The fraction of sp³-hybridized carbons (Fsp3) is 0.500. The van der Waals surface area contributed by atoms with Gasteiger partial charge in [-0.15, -0.1) is 0 Å². The maximum atomic E-state index is 12.1. The van der Waals surface area contributed by atoms with Crippen LogP contribution in [0.3, 0.4) is 0 Å². The zero-order valence-electron chi connectivity index (χ0n) is 12.9. The van der Waals surface area contributed by atoms with Crippen molar-refractivity contribution in [3.63, 3.8) is 0 Å². The molecule has 0 aliphatic heterocycles. The topological polar surface area (TPSA) is 93.4 Å². The maximum absolute atomic E-state index is 12.1. The second kappa shape index (κ2) is 7.91. The van der Waals surface area contributed by atoms with Crippen molar-refractivity contribution in [2.75, 3.05) is 26.8 Å². The highest BCUT2D eigenvalue weighted by Gasteiger charge is 2.22. The molecule has 1 aliphatic carbocycles. The third-order valence-electron chi connectivity index (χ3n) is 3.86. The predicted molar refractivity (Wildman–Crippen MR) is 83.5 cm³/mol. The summed E-state index contributed by atoms with van der Waals surface area (Å²) < 4.78 is 5.21. The lowest BCUT2D eigenvalue weighted by Crippen LogP contribution is -2.28. The zero-order chi connectivity index (χ0) is 15.9. The average molecular weight is 305 g/mol. The first kappa shape index (κ1) is 16.5. The summed E-state index contributed by atoms with van der Waals surface area (Å²) in [5.41, 5.74) is 8.20. The molecule has 1 atom stereocenters. The monoisotopic (exact) mass is 305 g/mol. The summed E-state index contributed by atoms with van der Waals surface area (Å²) in [4.78, 5) is 22.7. The maximum Gasteiger partial charge on any atom is 0.251 e. The number of rotatable bonds is 8. The molecular formula is C16H23N3O3. The van der Waals surface area contributed by atoms with E-state index < -0.39 is 0 Å². The Morgan fingerprint density at radius 1 is 1.36 bits per heavy atom. The van der Waals surface area contributed by atoms with Crippen molar-refractivity contribution in [3.05, 3.63) is 34.9 Å². The van der Waals surface area contributed by atoms with Crippen molar-refractivity contribution in [1.29, 1.82) is 0 Å². The fourth-order valence-electron chi connectivity index (χ4n) is 2.66. The van der Waals surface area contributed by atoms with Gasteiger partial charge >= 0.3 is 0 Å². The lowest BCUT2D eigenvalue weighted by molar-refractivity contribution is -0.119. The highest BCUT2D eigenvalue weighted by molar-refractivity contribution is 5.94. The van der Waals surface area contributed by atoms with E-state index in [0.717, 1.165) is 12.8 Å².